The van der Waals surface area contributed by atoms with Gasteiger partial charge in [-0.15, -0.1) is 0 Å². The van der Waals surface area contributed by atoms with Crippen LogP contribution in [0.5, 0.6) is 23.0 Å². The van der Waals surface area contributed by atoms with Crippen molar-refractivity contribution in [3.05, 3.63) is 19.8 Å². The Kier molecular flexibility index (Phi) is 7.06. The van der Waals surface area contributed by atoms with E-state index in [0.717, 1.165) is 23.0 Å². The van der Waals surface area contributed by atoms with E-state index in [0.29, 0.717) is 29.0 Å². The summed E-state index contributed by atoms with van der Waals surface area (Å²) in [5.41, 5.74) is 0. The average Bonchev–Trinajstić information content (AvgIpc) is 3.06. The van der Waals surface area contributed by atoms with Crippen LogP contribution in [0.25, 0.3) is 0 Å². The second kappa shape index (κ2) is 8.33. The molecule has 0 aliphatic rings. The molecule has 0 aliphatic carbocycles. The predicted molar refractivity (Wildman–Crippen MR) is 73.0 cm³/mol. The summed E-state index contributed by atoms with van der Waals surface area (Å²) < 4.78 is 20.0. The zero-order chi connectivity index (χ0) is 13.4. The van der Waals surface area contributed by atoms with E-state index in [2.05, 4.69) is 0 Å². The fraction of sp³-hybridized carbons (Fsp3) is 0.333. The molecule has 0 unspecified atom stereocenters. The normalized spacial score (nSPS) is 9.11. The van der Waals surface area contributed by atoms with Crippen LogP contribution in [0.4, 0.5) is 0 Å². The molecule has 4 nitrogen and oxygen atoms in total. The van der Waals surface area contributed by atoms with Crippen molar-refractivity contribution in [3.8, 4) is 23.0 Å². The van der Waals surface area contributed by atoms with Crippen LogP contribution >= 0.6 is 0 Å². The second-order valence-electron chi connectivity index (χ2n) is 3.02. The van der Waals surface area contributed by atoms with Crippen molar-refractivity contribution in [2.24, 2.45) is 0 Å². The van der Waals surface area contributed by atoms with Gasteiger partial charge in [-0.2, -0.15) is 0 Å². The topological polar surface area (TPSA) is 36.9 Å². The fourth-order valence-electron chi connectivity index (χ4n) is 1.14. The fourth-order valence-corrected chi connectivity index (χ4v) is 4.25. The van der Waals surface area contributed by atoms with Crippen LogP contribution in [0, 0.1) is 0 Å². The number of ether oxygens (including phenoxy) is 4. The van der Waals surface area contributed by atoms with Gasteiger partial charge in [0.2, 0.25) is 0 Å². The van der Waals surface area contributed by atoms with Crippen molar-refractivity contribution in [1.82, 2.24) is 0 Å². The van der Waals surface area contributed by atoms with Gasteiger partial charge in [-0.3, -0.25) is 0 Å². The molecule has 0 atom stereocenters. The Morgan fingerprint density at radius 3 is 0.944 bits per heavy atom. The molecule has 0 bridgehead atoms. The molecule has 0 aliphatic heterocycles. The third-order valence-electron chi connectivity index (χ3n) is 2.07. The van der Waals surface area contributed by atoms with E-state index >= 15 is 0 Å². The second-order valence-corrected chi connectivity index (χ2v) is 6.14. The first-order chi connectivity index (χ1) is 8.76. The van der Waals surface area contributed by atoms with E-state index in [1.807, 2.05) is 19.8 Å². The first kappa shape index (κ1) is 15.3. The quantitative estimate of drug-likeness (QED) is 0.752. The number of rotatable bonds is 4. The molecule has 0 radical (unpaired) electrons. The van der Waals surface area contributed by atoms with Crippen LogP contribution < -0.4 is 18.9 Å². The third kappa shape index (κ3) is 4.14. The van der Waals surface area contributed by atoms with E-state index in [-0.39, 0.29) is 0 Å². The van der Waals surface area contributed by atoms with Gasteiger partial charge in [-0.1, -0.05) is 0 Å². The Hall–Kier alpha value is -0.801. The number of hydrogen-bond donors (Lipinski definition) is 0. The average molecular weight is 382 g/mol. The van der Waals surface area contributed by atoms with Gasteiger partial charge in [-0.05, 0) is 0 Å². The van der Waals surface area contributed by atoms with Gasteiger partial charge in [0, 0.05) is 0 Å². The molecular weight excluding hydrogens is 366 g/mol. The van der Waals surface area contributed by atoms with Crippen molar-refractivity contribution in [3.63, 3.8) is 0 Å². The Bertz CT molecular complexity index is 371. The zero-order valence-electron chi connectivity index (χ0n) is 10.8. The molecule has 2 heterocycles. The number of methoxy groups -OCH3 is 4. The summed E-state index contributed by atoms with van der Waals surface area (Å²) in [6, 6.07) is 0. The van der Waals surface area contributed by atoms with Crippen LogP contribution in [-0.2, 0) is 0 Å². The van der Waals surface area contributed by atoms with Crippen molar-refractivity contribution in [2.75, 3.05) is 28.4 Å². The summed E-state index contributed by atoms with van der Waals surface area (Å²) in [4.78, 5) is 8.19. The molecule has 0 N–H and O–H groups in total. The van der Waals surface area contributed by atoms with Crippen LogP contribution in [-0.4, -0.2) is 57.4 Å². The Labute approximate surface area is 119 Å². The number of hydrogen-bond acceptors (Lipinski definition) is 4. The van der Waals surface area contributed by atoms with Crippen LogP contribution in [0.15, 0.2) is 19.8 Å². The van der Waals surface area contributed by atoms with Crippen LogP contribution in [0.1, 0.15) is 0 Å². The molecule has 0 spiro atoms. The minimum atomic E-state index is 0.441. The van der Waals surface area contributed by atoms with Crippen LogP contribution in [0.3, 0.4) is 0 Å². The Morgan fingerprint density at radius 2 is 0.778 bits per heavy atom. The van der Waals surface area contributed by atoms with Gasteiger partial charge >= 0.3 is 119 Å². The summed E-state index contributed by atoms with van der Waals surface area (Å²) in [6.45, 7) is 0. The molecule has 0 amide bonds. The molecule has 0 fully saturated rings. The van der Waals surface area contributed by atoms with E-state index < -0.39 is 0 Å². The molecular formula is C12H16O4Se2. The van der Waals surface area contributed by atoms with Gasteiger partial charge < -0.3 is 0 Å². The van der Waals surface area contributed by atoms with Crippen molar-refractivity contribution >= 4 is 29.0 Å². The van der Waals surface area contributed by atoms with Crippen molar-refractivity contribution in [2.45, 2.75) is 0 Å². The first-order valence-electron chi connectivity index (χ1n) is 5.05. The summed E-state index contributed by atoms with van der Waals surface area (Å²) in [5.74, 6) is 3.49. The SMILES string of the molecule is COc1c[se]cc1OC.COc1c[se]cc1OC. The molecule has 0 saturated carbocycles. The van der Waals surface area contributed by atoms with Gasteiger partial charge in [0.1, 0.15) is 0 Å². The van der Waals surface area contributed by atoms with E-state index in [1.165, 1.54) is 0 Å². The molecule has 2 rings (SSSR count). The monoisotopic (exact) mass is 384 g/mol. The van der Waals surface area contributed by atoms with Gasteiger partial charge in [0.25, 0.3) is 0 Å². The molecule has 100 valence electrons. The molecule has 0 aromatic carbocycles. The Morgan fingerprint density at radius 1 is 0.556 bits per heavy atom. The summed E-state index contributed by atoms with van der Waals surface area (Å²) in [5, 5.41) is 0. The molecule has 18 heavy (non-hydrogen) atoms. The van der Waals surface area contributed by atoms with Gasteiger partial charge in [0.15, 0.2) is 0 Å². The van der Waals surface area contributed by atoms with Gasteiger partial charge in [-0.25, -0.2) is 0 Å². The van der Waals surface area contributed by atoms with Crippen LogP contribution in [0.2, 0.25) is 0 Å². The molecule has 0 saturated heterocycles. The zero-order valence-corrected chi connectivity index (χ0v) is 14.2. The maximum atomic E-state index is 5.00. The summed E-state index contributed by atoms with van der Waals surface area (Å²) in [6.07, 6.45) is 0. The van der Waals surface area contributed by atoms with E-state index in [1.54, 1.807) is 28.4 Å². The summed E-state index contributed by atoms with van der Waals surface area (Å²) in [7, 11) is 6.61. The molecule has 6 heteroatoms. The van der Waals surface area contributed by atoms with E-state index in [9.17, 15) is 0 Å². The predicted octanol–water partition coefficient (Wildman–Crippen LogP) is 1.52. The van der Waals surface area contributed by atoms with Gasteiger partial charge in [0.05, 0.1) is 0 Å². The molecule has 2 aromatic rings. The van der Waals surface area contributed by atoms with E-state index in [4.69, 9.17) is 18.9 Å². The standard InChI is InChI=1S/2C6H8O2Se/c2*1-7-5-3-9-4-6(5)8-2/h2*3-4H,1-2H3. The molecule has 2 aromatic heterocycles. The third-order valence-corrected chi connectivity index (χ3v) is 5.00. The van der Waals surface area contributed by atoms with Crippen molar-refractivity contribution < 1.29 is 18.9 Å². The minimum absolute atomic E-state index is 0.441. The van der Waals surface area contributed by atoms with Crippen molar-refractivity contribution in [1.29, 1.82) is 0 Å². The maximum absolute atomic E-state index is 5.00. The first-order valence-corrected chi connectivity index (χ1v) is 9.00. The Balaban J connectivity index is 0.000000180. The summed E-state index contributed by atoms with van der Waals surface area (Å²) >= 11 is 0.882.